The summed E-state index contributed by atoms with van der Waals surface area (Å²) in [5.41, 5.74) is -1.01. The van der Waals surface area contributed by atoms with E-state index < -0.39 is 17.4 Å². The predicted octanol–water partition coefficient (Wildman–Crippen LogP) is 0.296. The summed E-state index contributed by atoms with van der Waals surface area (Å²) < 4.78 is 0. The Kier molecular flexibility index (Phi) is 2.17. The first-order valence-electron chi connectivity index (χ1n) is 3.79. The first-order valence-corrected chi connectivity index (χ1v) is 3.79. The molecule has 1 aliphatic rings. The van der Waals surface area contributed by atoms with Crippen LogP contribution in [0, 0.1) is 0 Å². The van der Waals surface area contributed by atoms with Gasteiger partial charge in [0.1, 0.15) is 5.54 Å². The van der Waals surface area contributed by atoms with Gasteiger partial charge in [0.15, 0.2) is 0 Å². The van der Waals surface area contributed by atoms with Crippen LogP contribution in [0.1, 0.15) is 19.3 Å². The molecule has 0 aromatic carbocycles. The van der Waals surface area contributed by atoms with Gasteiger partial charge in [0, 0.05) is 0 Å². The lowest BCUT2D eigenvalue weighted by molar-refractivity contribution is -0.151. The van der Waals surface area contributed by atoms with E-state index in [1.807, 2.05) is 0 Å². The molecule has 4 heteroatoms. The highest BCUT2D eigenvalue weighted by atomic mass is 16.4. The number of amides is 1. The molecule has 0 radical (unpaired) electrons. The molecule has 0 spiro atoms. The van der Waals surface area contributed by atoms with Crippen LogP contribution in [0.2, 0.25) is 0 Å². The number of rotatable bonds is 3. The third-order valence-corrected chi connectivity index (χ3v) is 2.16. The van der Waals surface area contributed by atoms with Crippen LogP contribution < -0.4 is 5.32 Å². The summed E-state index contributed by atoms with van der Waals surface area (Å²) in [4.78, 5) is 21.5. The summed E-state index contributed by atoms with van der Waals surface area (Å²) in [5, 5.41) is 11.2. The highest BCUT2D eigenvalue weighted by Crippen LogP contribution is 2.31. The van der Waals surface area contributed by atoms with Crippen molar-refractivity contribution in [1.82, 2.24) is 5.32 Å². The zero-order chi connectivity index (χ0) is 9.19. The second-order valence-electron chi connectivity index (χ2n) is 2.93. The fraction of sp³-hybridized carbons (Fsp3) is 0.500. The molecule has 0 atom stereocenters. The largest absolute Gasteiger partial charge is 0.480 e. The molecule has 0 aromatic heterocycles. The number of hydrogen-bond donors (Lipinski definition) is 2. The minimum atomic E-state index is -1.01. The van der Waals surface area contributed by atoms with Gasteiger partial charge < -0.3 is 10.4 Å². The monoisotopic (exact) mass is 169 g/mol. The van der Waals surface area contributed by atoms with E-state index in [2.05, 4.69) is 11.9 Å². The van der Waals surface area contributed by atoms with Gasteiger partial charge in [-0.15, -0.1) is 0 Å². The van der Waals surface area contributed by atoms with Crippen molar-refractivity contribution in [3.05, 3.63) is 12.7 Å². The Labute approximate surface area is 70.3 Å². The van der Waals surface area contributed by atoms with Gasteiger partial charge >= 0.3 is 5.97 Å². The van der Waals surface area contributed by atoms with Crippen molar-refractivity contribution in [1.29, 1.82) is 0 Å². The topological polar surface area (TPSA) is 66.4 Å². The Morgan fingerprint density at radius 1 is 1.50 bits per heavy atom. The summed E-state index contributed by atoms with van der Waals surface area (Å²) in [6, 6.07) is 0. The van der Waals surface area contributed by atoms with Crippen LogP contribution in [0.3, 0.4) is 0 Å². The van der Waals surface area contributed by atoms with Gasteiger partial charge in [-0.2, -0.15) is 0 Å². The first-order chi connectivity index (χ1) is 5.60. The maximum absolute atomic E-state index is 10.8. The van der Waals surface area contributed by atoms with E-state index in [1.165, 1.54) is 0 Å². The van der Waals surface area contributed by atoms with Gasteiger partial charge in [-0.25, -0.2) is 4.79 Å². The lowest BCUT2D eigenvalue weighted by Crippen LogP contribution is -2.58. The molecular formula is C8H11NO3. The van der Waals surface area contributed by atoms with Crippen molar-refractivity contribution in [2.24, 2.45) is 0 Å². The number of nitrogens with one attached hydrogen (secondary N) is 1. The van der Waals surface area contributed by atoms with Crippen LogP contribution in [0.4, 0.5) is 0 Å². The normalized spacial score (nSPS) is 19.0. The second kappa shape index (κ2) is 2.97. The Balaban J connectivity index is 2.62. The molecule has 0 bridgehead atoms. The molecule has 0 saturated heterocycles. The van der Waals surface area contributed by atoms with E-state index in [0.29, 0.717) is 12.8 Å². The molecule has 1 amide bonds. The fourth-order valence-electron chi connectivity index (χ4n) is 1.21. The van der Waals surface area contributed by atoms with Crippen molar-refractivity contribution in [2.45, 2.75) is 24.8 Å². The molecule has 66 valence electrons. The van der Waals surface area contributed by atoms with Gasteiger partial charge in [0.2, 0.25) is 5.91 Å². The van der Waals surface area contributed by atoms with Crippen LogP contribution in [0.5, 0.6) is 0 Å². The Bertz CT molecular complexity index is 230. The summed E-state index contributed by atoms with van der Waals surface area (Å²) in [5.74, 6) is -1.37. The third kappa shape index (κ3) is 1.32. The molecule has 2 N–H and O–H groups in total. The minimum absolute atomic E-state index is 0.419. The van der Waals surface area contributed by atoms with Crippen molar-refractivity contribution in [2.75, 3.05) is 0 Å². The quantitative estimate of drug-likeness (QED) is 0.597. The number of carbonyl (C=O) groups is 2. The van der Waals surface area contributed by atoms with Crippen molar-refractivity contribution >= 4 is 11.9 Å². The molecule has 1 fully saturated rings. The molecule has 0 heterocycles. The third-order valence-electron chi connectivity index (χ3n) is 2.16. The standard InChI is InChI=1S/C8H11NO3/c1-2-6(10)9-8(7(11)12)4-3-5-8/h2H,1,3-5H2,(H,9,10)(H,11,12). The number of carboxylic acid groups (broad SMARTS) is 1. The Morgan fingerprint density at radius 3 is 2.33 bits per heavy atom. The van der Waals surface area contributed by atoms with E-state index in [9.17, 15) is 9.59 Å². The zero-order valence-electron chi connectivity index (χ0n) is 6.67. The highest BCUT2D eigenvalue weighted by molar-refractivity contribution is 5.93. The van der Waals surface area contributed by atoms with Crippen LogP contribution in [0.15, 0.2) is 12.7 Å². The average molecular weight is 169 g/mol. The van der Waals surface area contributed by atoms with Crippen LogP contribution >= 0.6 is 0 Å². The molecule has 1 aliphatic carbocycles. The lowest BCUT2D eigenvalue weighted by atomic mass is 9.77. The maximum Gasteiger partial charge on any atom is 0.329 e. The number of carbonyl (C=O) groups excluding carboxylic acids is 1. The molecule has 4 nitrogen and oxygen atoms in total. The summed E-state index contributed by atoms with van der Waals surface area (Å²) in [6.07, 6.45) is 2.97. The van der Waals surface area contributed by atoms with Gasteiger partial charge in [0.25, 0.3) is 0 Å². The molecule has 0 aliphatic heterocycles. The van der Waals surface area contributed by atoms with Gasteiger partial charge in [-0.3, -0.25) is 4.79 Å². The molecular weight excluding hydrogens is 158 g/mol. The first kappa shape index (κ1) is 8.77. The zero-order valence-corrected chi connectivity index (χ0v) is 6.67. The minimum Gasteiger partial charge on any atom is -0.480 e. The smallest absolute Gasteiger partial charge is 0.329 e. The summed E-state index contributed by atoms with van der Waals surface area (Å²) >= 11 is 0. The lowest BCUT2D eigenvalue weighted by Gasteiger charge is -2.37. The van der Waals surface area contributed by atoms with Crippen LogP contribution in [0.25, 0.3) is 0 Å². The summed E-state index contributed by atoms with van der Waals surface area (Å²) in [6.45, 7) is 3.26. The van der Waals surface area contributed by atoms with Gasteiger partial charge in [0.05, 0.1) is 0 Å². The Hall–Kier alpha value is -1.32. The van der Waals surface area contributed by atoms with Crippen molar-refractivity contribution in [3.8, 4) is 0 Å². The van der Waals surface area contributed by atoms with E-state index in [4.69, 9.17) is 5.11 Å². The van der Waals surface area contributed by atoms with Crippen molar-refractivity contribution < 1.29 is 14.7 Å². The molecule has 12 heavy (non-hydrogen) atoms. The van der Waals surface area contributed by atoms with Crippen molar-refractivity contribution in [3.63, 3.8) is 0 Å². The van der Waals surface area contributed by atoms with Gasteiger partial charge in [-0.1, -0.05) is 6.58 Å². The second-order valence-corrected chi connectivity index (χ2v) is 2.93. The molecule has 0 unspecified atom stereocenters. The number of hydrogen-bond acceptors (Lipinski definition) is 2. The summed E-state index contributed by atoms with van der Waals surface area (Å²) in [7, 11) is 0. The maximum atomic E-state index is 10.8. The van der Waals surface area contributed by atoms with E-state index >= 15 is 0 Å². The average Bonchev–Trinajstić information content (AvgIpc) is 1.95. The van der Waals surface area contributed by atoms with Crippen LogP contribution in [-0.4, -0.2) is 22.5 Å². The predicted molar refractivity (Wildman–Crippen MR) is 42.6 cm³/mol. The molecule has 0 aromatic rings. The van der Waals surface area contributed by atoms with Crippen LogP contribution in [-0.2, 0) is 9.59 Å². The Morgan fingerprint density at radius 2 is 2.08 bits per heavy atom. The SMILES string of the molecule is C=CC(=O)NC1(C(=O)O)CCC1. The number of aliphatic carboxylic acids is 1. The van der Waals surface area contributed by atoms with E-state index in [-0.39, 0.29) is 0 Å². The number of carboxylic acids is 1. The molecule has 1 saturated carbocycles. The van der Waals surface area contributed by atoms with Gasteiger partial charge in [-0.05, 0) is 25.3 Å². The van der Waals surface area contributed by atoms with E-state index in [0.717, 1.165) is 12.5 Å². The van der Waals surface area contributed by atoms with E-state index in [1.54, 1.807) is 0 Å². The highest BCUT2D eigenvalue weighted by Gasteiger charge is 2.45. The molecule has 1 rings (SSSR count). The fourth-order valence-corrected chi connectivity index (χ4v) is 1.21.